The number of amides is 2. The number of likely N-dealkylation sites (N-methyl/N-ethyl adjacent to an activating group) is 1. The molecular formula is C23H29BrN2O4. The van der Waals surface area contributed by atoms with Crippen molar-refractivity contribution in [3.05, 3.63) is 58.1 Å². The summed E-state index contributed by atoms with van der Waals surface area (Å²) >= 11 is 3.49. The Morgan fingerprint density at radius 3 is 2.30 bits per heavy atom. The van der Waals surface area contributed by atoms with Crippen molar-refractivity contribution in [2.45, 2.75) is 39.3 Å². The number of benzene rings is 2. The van der Waals surface area contributed by atoms with Crippen molar-refractivity contribution in [1.82, 2.24) is 10.2 Å². The van der Waals surface area contributed by atoms with Crippen LogP contribution in [0.4, 0.5) is 0 Å². The van der Waals surface area contributed by atoms with E-state index in [-0.39, 0.29) is 18.4 Å². The molecule has 1 atom stereocenters. The van der Waals surface area contributed by atoms with Crippen molar-refractivity contribution in [3.63, 3.8) is 0 Å². The number of hydrogen-bond donors (Lipinski definition) is 1. The Morgan fingerprint density at radius 1 is 1.10 bits per heavy atom. The highest BCUT2D eigenvalue weighted by Gasteiger charge is 2.28. The molecule has 30 heavy (non-hydrogen) atoms. The lowest BCUT2D eigenvalue weighted by Crippen LogP contribution is -2.49. The van der Waals surface area contributed by atoms with Gasteiger partial charge in [-0.3, -0.25) is 9.59 Å². The summed E-state index contributed by atoms with van der Waals surface area (Å²) in [6.45, 7) is 4.10. The zero-order valence-corrected chi connectivity index (χ0v) is 19.5. The third kappa shape index (κ3) is 6.23. The van der Waals surface area contributed by atoms with Gasteiger partial charge in [-0.15, -0.1) is 0 Å². The summed E-state index contributed by atoms with van der Waals surface area (Å²) in [6.07, 6.45) is 1.41. The monoisotopic (exact) mass is 476 g/mol. The van der Waals surface area contributed by atoms with E-state index < -0.39 is 6.04 Å². The number of nitrogens with zero attached hydrogens (tertiary/aromatic N) is 1. The number of nitrogens with one attached hydrogen (secondary N) is 1. The molecule has 0 saturated carbocycles. The van der Waals surface area contributed by atoms with Gasteiger partial charge in [-0.25, -0.2) is 0 Å². The first kappa shape index (κ1) is 23.7. The van der Waals surface area contributed by atoms with Crippen molar-refractivity contribution in [3.8, 4) is 11.5 Å². The molecule has 2 aromatic rings. The van der Waals surface area contributed by atoms with E-state index in [9.17, 15) is 9.59 Å². The highest BCUT2D eigenvalue weighted by Crippen LogP contribution is 2.26. The molecule has 0 fully saturated rings. The maximum atomic E-state index is 13.1. The number of halogens is 1. The number of rotatable bonds is 10. The third-order valence-corrected chi connectivity index (χ3v) is 5.52. The van der Waals surface area contributed by atoms with Crippen LogP contribution in [0.5, 0.6) is 11.5 Å². The summed E-state index contributed by atoms with van der Waals surface area (Å²) in [5, 5.41) is 2.65. The molecule has 7 heteroatoms. The van der Waals surface area contributed by atoms with Crippen molar-refractivity contribution < 1.29 is 19.1 Å². The Labute approximate surface area is 186 Å². The molecule has 2 amide bonds. The number of carbonyl (C=O) groups is 2. The summed E-state index contributed by atoms with van der Waals surface area (Å²) in [6, 6.07) is 12.7. The van der Waals surface area contributed by atoms with Crippen LogP contribution in [0.25, 0.3) is 0 Å². The molecule has 0 heterocycles. The minimum absolute atomic E-state index is 0.159. The van der Waals surface area contributed by atoms with Gasteiger partial charge in [0.1, 0.15) is 17.5 Å². The summed E-state index contributed by atoms with van der Waals surface area (Å²) < 4.78 is 11.8. The minimum atomic E-state index is -0.584. The average Bonchev–Trinajstić information content (AvgIpc) is 2.77. The van der Waals surface area contributed by atoms with E-state index in [1.54, 1.807) is 19.1 Å². The second kappa shape index (κ2) is 11.6. The standard InChI is InChI=1S/C23H29BrN2O4/c1-5-16-9-12-21(19(24)13-16)30-15-22(27)26(20(6-2)23(28)25-3)14-17-7-10-18(29-4)11-8-17/h7-13,20H,5-6,14-15H2,1-4H3,(H,25,28)/t20-/m1/s1. The van der Waals surface area contributed by atoms with E-state index in [1.165, 1.54) is 5.56 Å². The number of hydrogen-bond acceptors (Lipinski definition) is 4. The first-order valence-electron chi connectivity index (χ1n) is 9.98. The molecular weight excluding hydrogens is 448 g/mol. The molecule has 0 saturated heterocycles. The predicted molar refractivity (Wildman–Crippen MR) is 121 cm³/mol. The van der Waals surface area contributed by atoms with E-state index in [4.69, 9.17) is 9.47 Å². The van der Waals surface area contributed by atoms with Gasteiger partial charge in [0.2, 0.25) is 5.91 Å². The van der Waals surface area contributed by atoms with Crippen LogP contribution in [0.15, 0.2) is 46.9 Å². The summed E-state index contributed by atoms with van der Waals surface area (Å²) in [5.41, 5.74) is 2.08. The van der Waals surface area contributed by atoms with Crippen molar-refractivity contribution in [2.24, 2.45) is 0 Å². The maximum Gasteiger partial charge on any atom is 0.261 e. The molecule has 2 rings (SSSR count). The Kier molecular flexibility index (Phi) is 9.17. The van der Waals surface area contributed by atoms with Crippen molar-refractivity contribution in [1.29, 1.82) is 0 Å². The second-order valence-electron chi connectivity index (χ2n) is 6.82. The normalized spacial score (nSPS) is 11.5. The van der Waals surface area contributed by atoms with Crippen LogP contribution < -0.4 is 14.8 Å². The van der Waals surface area contributed by atoms with Crippen LogP contribution in [0.1, 0.15) is 31.4 Å². The number of carbonyl (C=O) groups excluding carboxylic acids is 2. The quantitative estimate of drug-likeness (QED) is 0.563. The van der Waals surface area contributed by atoms with E-state index >= 15 is 0 Å². The van der Waals surface area contributed by atoms with Gasteiger partial charge in [0.15, 0.2) is 6.61 Å². The Hall–Kier alpha value is -2.54. The van der Waals surface area contributed by atoms with Gasteiger partial charge in [0.25, 0.3) is 5.91 Å². The number of aryl methyl sites for hydroxylation is 1. The van der Waals surface area contributed by atoms with Gasteiger partial charge < -0.3 is 19.7 Å². The lowest BCUT2D eigenvalue weighted by molar-refractivity contribution is -0.142. The van der Waals surface area contributed by atoms with E-state index in [2.05, 4.69) is 28.2 Å². The van der Waals surface area contributed by atoms with Gasteiger partial charge in [0, 0.05) is 13.6 Å². The van der Waals surface area contributed by atoms with Crippen LogP contribution in [0.3, 0.4) is 0 Å². The molecule has 162 valence electrons. The molecule has 0 aliphatic rings. The highest BCUT2D eigenvalue weighted by atomic mass is 79.9. The molecule has 0 aliphatic heterocycles. The van der Waals surface area contributed by atoms with E-state index in [1.807, 2.05) is 49.4 Å². The Morgan fingerprint density at radius 2 is 1.77 bits per heavy atom. The van der Waals surface area contributed by atoms with Crippen LogP contribution in [-0.2, 0) is 22.6 Å². The average molecular weight is 477 g/mol. The fraction of sp³-hybridized carbons (Fsp3) is 0.391. The van der Waals surface area contributed by atoms with E-state index in [0.29, 0.717) is 18.7 Å². The smallest absolute Gasteiger partial charge is 0.261 e. The lowest BCUT2D eigenvalue weighted by Gasteiger charge is -2.30. The van der Waals surface area contributed by atoms with Crippen LogP contribution in [-0.4, -0.2) is 43.5 Å². The summed E-state index contributed by atoms with van der Waals surface area (Å²) in [7, 11) is 3.18. The first-order chi connectivity index (χ1) is 14.4. The minimum Gasteiger partial charge on any atom is -0.497 e. The largest absolute Gasteiger partial charge is 0.497 e. The highest BCUT2D eigenvalue weighted by molar-refractivity contribution is 9.10. The number of ether oxygens (including phenoxy) is 2. The van der Waals surface area contributed by atoms with E-state index in [0.717, 1.165) is 22.2 Å². The van der Waals surface area contributed by atoms with Crippen LogP contribution >= 0.6 is 15.9 Å². The molecule has 6 nitrogen and oxygen atoms in total. The van der Waals surface area contributed by atoms with Crippen molar-refractivity contribution >= 4 is 27.7 Å². The molecule has 0 unspecified atom stereocenters. The van der Waals surface area contributed by atoms with Gasteiger partial charge >= 0.3 is 0 Å². The molecule has 0 aromatic heterocycles. The SMILES string of the molecule is CCc1ccc(OCC(=O)N(Cc2ccc(OC)cc2)[C@H](CC)C(=O)NC)c(Br)c1. The zero-order chi connectivity index (χ0) is 22.1. The Balaban J connectivity index is 2.19. The van der Waals surface area contributed by atoms with Crippen LogP contribution in [0, 0.1) is 0 Å². The molecule has 0 spiro atoms. The molecule has 0 bridgehead atoms. The van der Waals surface area contributed by atoms with Crippen LogP contribution in [0.2, 0.25) is 0 Å². The first-order valence-corrected chi connectivity index (χ1v) is 10.8. The lowest BCUT2D eigenvalue weighted by atomic mass is 10.1. The summed E-state index contributed by atoms with van der Waals surface area (Å²) in [5.74, 6) is 0.872. The second-order valence-corrected chi connectivity index (χ2v) is 7.67. The van der Waals surface area contributed by atoms with Gasteiger partial charge in [-0.2, -0.15) is 0 Å². The molecule has 0 aliphatic carbocycles. The maximum absolute atomic E-state index is 13.1. The number of methoxy groups -OCH3 is 1. The fourth-order valence-corrected chi connectivity index (χ4v) is 3.66. The van der Waals surface area contributed by atoms with Gasteiger partial charge in [0.05, 0.1) is 11.6 Å². The molecule has 1 N–H and O–H groups in total. The Bertz CT molecular complexity index is 855. The fourth-order valence-electron chi connectivity index (χ4n) is 3.12. The third-order valence-electron chi connectivity index (χ3n) is 4.90. The summed E-state index contributed by atoms with van der Waals surface area (Å²) in [4.78, 5) is 27.0. The zero-order valence-electron chi connectivity index (χ0n) is 17.9. The molecule has 2 aromatic carbocycles. The topological polar surface area (TPSA) is 67.9 Å². The predicted octanol–water partition coefficient (Wildman–Crippen LogP) is 3.95. The molecule has 0 radical (unpaired) electrons. The van der Waals surface area contributed by atoms with Gasteiger partial charge in [-0.05, 0) is 64.2 Å². The van der Waals surface area contributed by atoms with Crippen molar-refractivity contribution in [2.75, 3.05) is 20.8 Å². The van der Waals surface area contributed by atoms with Gasteiger partial charge in [-0.1, -0.05) is 32.0 Å².